The van der Waals surface area contributed by atoms with Crippen LogP contribution in [0.25, 0.3) is 0 Å². The van der Waals surface area contributed by atoms with E-state index in [4.69, 9.17) is 9.47 Å². The number of hydrogen-bond donors (Lipinski definition) is 0. The lowest BCUT2D eigenvalue weighted by Gasteiger charge is -2.33. The third-order valence-corrected chi connectivity index (χ3v) is 6.30. The highest BCUT2D eigenvalue weighted by Gasteiger charge is 2.28. The average Bonchev–Trinajstić information content (AvgIpc) is 2.59. The number of sulfonamides is 1. The van der Waals surface area contributed by atoms with E-state index in [1.165, 1.54) is 10.5 Å². The highest BCUT2D eigenvalue weighted by Crippen LogP contribution is 2.27. The smallest absolute Gasteiger partial charge is 0.244 e. The lowest BCUT2D eigenvalue weighted by Crippen LogP contribution is -2.48. The SMILES string of the molecule is CCOCCOc1ncc(S(=O)(=O)N2CCN(CC)CC2)cc1Br. The summed E-state index contributed by atoms with van der Waals surface area (Å²) in [4.78, 5) is 6.54. The molecule has 1 aromatic rings. The Morgan fingerprint density at radius 2 is 1.92 bits per heavy atom. The maximum absolute atomic E-state index is 12.7. The molecule has 0 bridgehead atoms. The second-order valence-electron chi connectivity index (χ2n) is 5.34. The Bertz CT molecular complexity index is 634. The van der Waals surface area contributed by atoms with Crippen molar-refractivity contribution in [3.8, 4) is 5.88 Å². The number of halogens is 1. The zero-order chi connectivity index (χ0) is 17.6. The molecule has 24 heavy (non-hydrogen) atoms. The Morgan fingerprint density at radius 1 is 1.21 bits per heavy atom. The minimum atomic E-state index is -3.53. The maximum Gasteiger partial charge on any atom is 0.244 e. The number of pyridine rings is 1. The van der Waals surface area contributed by atoms with Crippen molar-refractivity contribution in [3.63, 3.8) is 0 Å². The van der Waals surface area contributed by atoms with Gasteiger partial charge in [-0.2, -0.15) is 4.31 Å². The maximum atomic E-state index is 12.7. The van der Waals surface area contributed by atoms with Crippen LogP contribution < -0.4 is 4.74 Å². The largest absolute Gasteiger partial charge is 0.474 e. The van der Waals surface area contributed by atoms with Crippen LogP contribution in [0, 0.1) is 0 Å². The summed E-state index contributed by atoms with van der Waals surface area (Å²) in [6, 6.07) is 1.55. The first kappa shape index (κ1) is 19.6. The summed E-state index contributed by atoms with van der Waals surface area (Å²) in [6.45, 7) is 8.89. The Labute approximate surface area is 152 Å². The molecule has 1 aliphatic rings. The molecule has 7 nitrogen and oxygen atoms in total. The van der Waals surface area contributed by atoms with E-state index in [2.05, 4.69) is 32.7 Å². The molecule has 0 N–H and O–H groups in total. The van der Waals surface area contributed by atoms with Crippen LogP contribution in [0.4, 0.5) is 0 Å². The molecule has 0 unspecified atom stereocenters. The van der Waals surface area contributed by atoms with Gasteiger partial charge in [0.25, 0.3) is 0 Å². The van der Waals surface area contributed by atoms with Gasteiger partial charge >= 0.3 is 0 Å². The third-order valence-electron chi connectivity index (χ3n) is 3.87. The molecule has 0 atom stereocenters. The van der Waals surface area contributed by atoms with E-state index in [-0.39, 0.29) is 4.90 Å². The van der Waals surface area contributed by atoms with Crippen molar-refractivity contribution >= 4 is 26.0 Å². The van der Waals surface area contributed by atoms with Crippen LogP contribution in [0.15, 0.2) is 21.6 Å². The van der Waals surface area contributed by atoms with Crippen LogP contribution in [-0.4, -0.2) is 75.2 Å². The van der Waals surface area contributed by atoms with Gasteiger partial charge in [-0.15, -0.1) is 0 Å². The standard InChI is InChI=1S/C15H24BrN3O4S/c1-3-18-5-7-19(8-6-18)24(20,21)13-11-14(16)15(17-12-13)23-10-9-22-4-2/h11-12H,3-10H2,1-2H3. The monoisotopic (exact) mass is 421 g/mol. The molecule has 136 valence electrons. The summed E-state index contributed by atoms with van der Waals surface area (Å²) in [6.07, 6.45) is 1.35. The number of likely N-dealkylation sites (N-methyl/N-ethyl adjacent to an activating group) is 1. The number of rotatable bonds is 8. The van der Waals surface area contributed by atoms with Crippen molar-refractivity contribution in [2.24, 2.45) is 0 Å². The first-order chi connectivity index (χ1) is 11.5. The topological polar surface area (TPSA) is 72.0 Å². The average molecular weight is 422 g/mol. The molecular weight excluding hydrogens is 398 g/mol. The molecule has 2 rings (SSSR count). The molecule has 0 aliphatic carbocycles. The molecule has 9 heteroatoms. The van der Waals surface area contributed by atoms with Crippen molar-refractivity contribution in [1.29, 1.82) is 0 Å². The van der Waals surface area contributed by atoms with Crippen LogP contribution in [-0.2, 0) is 14.8 Å². The summed E-state index contributed by atoms with van der Waals surface area (Å²) >= 11 is 3.33. The zero-order valence-electron chi connectivity index (χ0n) is 14.1. The number of hydrogen-bond acceptors (Lipinski definition) is 6. The van der Waals surface area contributed by atoms with Gasteiger partial charge in [0.1, 0.15) is 11.5 Å². The first-order valence-electron chi connectivity index (χ1n) is 8.07. The molecule has 1 saturated heterocycles. The molecule has 0 amide bonds. The number of ether oxygens (including phenoxy) is 2. The Balaban J connectivity index is 2.04. The van der Waals surface area contributed by atoms with Crippen molar-refractivity contribution in [1.82, 2.24) is 14.2 Å². The molecular formula is C15H24BrN3O4S. The van der Waals surface area contributed by atoms with Crippen LogP contribution in [0.2, 0.25) is 0 Å². The van der Waals surface area contributed by atoms with E-state index >= 15 is 0 Å². The van der Waals surface area contributed by atoms with E-state index in [0.717, 1.165) is 19.6 Å². The molecule has 0 radical (unpaired) electrons. The van der Waals surface area contributed by atoms with Crippen molar-refractivity contribution in [2.75, 3.05) is 52.5 Å². The van der Waals surface area contributed by atoms with E-state index < -0.39 is 10.0 Å². The first-order valence-corrected chi connectivity index (χ1v) is 10.3. The van der Waals surface area contributed by atoms with E-state index in [9.17, 15) is 8.42 Å². The van der Waals surface area contributed by atoms with Crippen LogP contribution in [0.1, 0.15) is 13.8 Å². The van der Waals surface area contributed by atoms with Gasteiger partial charge in [-0.05, 0) is 35.5 Å². The lowest BCUT2D eigenvalue weighted by molar-refractivity contribution is 0.108. The summed E-state index contributed by atoms with van der Waals surface area (Å²) < 4.78 is 38.2. The van der Waals surface area contributed by atoms with Gasteiger partial charge < -0.3 is 14.4 Å². The molecule has 1 aromatic heterocycles. The van der Waals surface area contributed by atoms with Gasteiger partial charge in [0.15, 0.2) is 0 Å². The van der Waals surface area contributed by atoms with Crippen LogP contribution >= 0.6 is 15.9 Å². The highest BCUT2D eigenvalue weighted by atomic mass is 79.9. The molecule has 1 aliphatic heterocycles. The van der Waals surface area contributed by atoms with Gasteiger partial charge in [0.2, 0.25) is 15.9 Å². The molecule has 2 heterocycles. The van der Waals surface area contributed by atoms with Crippen LogP contribution in [0.3, 0.4) is 0 Å². The molecule has 0 saturated carbocycles. The second-order valence-corrected chi connectivity index (χ2v) is 8.13. The quantitative estimate of drug-likeness (QED) is 0.593. The van der Waals surface area contributed by atoms with E-state index in [0.29, 0.717) is 43.3 Å². The van der Waals surface area contributed by atoms with Crippen LogP contribution in [0.5, 0.6) is 5.88 Å². The van der Waals surface area contributed by atoms with Gasteiger partial charge in [-0.1, -0.05) is 6.92 Å². The minimum absolute atomic E-state index is 0.177. The number of aromatic nitrogens is 1. The molecule has 0 spiro atoms. The second kappa shape index (κ2) is 9.10. The fourth-order valence-electron chi connectivity index (χ4n) is 2.43. The van der Waals surface area contributed by atoms with Gasteiger partial charge in [-0.25, -0.2) is 13.4 Å². The highest BCUT2D eigenvalue weighted by molar-refractivity contribution is 9.10. The fourth-order valence-corrected chi connectivity index (χ4v) is 4.44. The summed E-state index contributed by atoms with van der Waals surface area (Å²) in [7, 11) is -3.53. The van der Waals surface area contributed by atoms with Crippen molar-refractivity contribution in [3.05, 3.63) is 16.7 Å². The molecule has 0 aromatic carbocycles. The predicted octanol–water partition coefficient (Wildman–Crippen LogP) is 1.59. The summed E-state index contributed by atoms with van der Waals surface area (Å²) in [5, 5.41) is 0. The lowest BCUT2D eigenvalue weighted by atomic mass is 10.4. The van der Waals surface area contributed by atoms with Gasteiger partial charge in [0.05, 0.1) is 17.3 Å². The third kappa shape index (κ3) is 4.89. The minimum Gasteiger partial charge on any atom is -0.474 e. The summed E-state index contributed by atoms with van der Waals surface area (Å²) in [5.41, 5.74) is 0. The Hall–Kier alpha value is -0.740. The Kier molecular flexibility index (Phi) is 7.42. The number of nitrogens with zero attached hydrogens (tertiary/aromatic N) is 3. The van der Waals surface area contributed by atoms with Crippen molar-refractivity contribution in [2.45, 2.75) is 18.7 Å². The normalized spacial score (nSPS) is 17.1. The zero-order valence-corrected chi connectivity index (χ0v) is 16.5. The van der Waals surface area contributed by atoms with Gasteiger partial charge in [0, 0.05) is 32.8 Å². The van der Waals surface area contributed by atoms with Gasteiger partial charge in [-0.3, -0.25) is 0 Å². The summed E-state index contributed by atoms with van der Waals surface area (Å²) in [5.74, 6) is 0.365. The predicted molar refractivity (Wildman–Crippen MR) is 94.8 cm³/mol. The number of piperazine rings is 1. The Morgan fingerprint density at radius 3 is 2.50 bits per heavy atom. The fraction of sp³-hybridized carbons (Fsp3) is 0.667. The van der Waals surface area contributed by atoms with Crippen molar-refractivity contribution < 1.29 is 17.9 Å². The van der Waals surface area contributed by atoms with E-state index in [1.807, 2.05) is 6.92 Å². The molecule has 1 fully saturated rings. The van der Waals surface area contributed by atoms with E-state index in [1.54, 1.807) is 6.07 Å².